The maximum Gasteiger partial charge on any atom is 0.222 e. The Labute approximate surface area is 201 Å². The molecule has 0 aliphatic carbocycles. The standard InChI is InChI=1S/C26H51NO6/c1-2-3-4-5-6-7-8-9-10-11-12-13-14-15-16-17-18-27-23(29)19-21-24(30)26(32)25(31)22(20-28)33-21/h21-22,24-26,28,30-32H,2-20H2,1H3,(H,27,29)/t21-,22-,24+,25+,26-/m1/s1. The molecule has 7 heteroatoms. The number of unbranched alkanes of at least 4 members (excludes halogenated alkanes) is 15. The largest absolute Gasteiger partial charge is 0.394 e. The lowest BCUT2D eigenvalue weighted by Gasteiger charge is -2.39. The van der Waals surface area contributed by atoms with Gasteiger partial charge >= 0.3 is 0 Å². The molecule has 1 amide bonds. The van der Waals surface area contributed by atoms with Gasteiger partial charge in [-0.15, -0.1) is 0 Å². The summed E-state index contributed by atoms with van der Waals surface area (Å²) in [5.41, 5.74) is 0. The quantitative estimate of drug-likeness (QED) is 0.172. The van der Waals surface area contributed by atoms with Gasteiger partial charge in [0, 0.05) is 6.54 Å². The molecule has 0 radical (unpaired) electrons. The van der Waals surface area contributed by atoms with E-state index in [1.54, 1.807) is 0 Å². The lowest BCUT2D eigenvalue weighted by Crippen LogP contribution is -2.59. The van der Waals surface area contributed by atoms with Crippen LogP contribution in [-0.2, 0) is 9.53 Å². The molecular weight excluding hydrogens is 422 g/mol. The smallest absolute Gasteiger partial charge is 0.222 e. The molecule has 1 aliphatic heterocycles. The Hall–Kier alpha value is -0.730. The number of amides is 1. The summed E-state index contributed by atoms with van der Waals surface area (Å²) >= 11 is 0. The number of aliphatic hydroxyl groups excluding tert-OH is 4. The molecule has 1 aliphatic rings. The Morgan fingerprint density at radius 1 is 0.667 bits per heavy atom. The lowest BCUT2D eigenvalue weighted by molar-refractivity contribution is -0.229. The summed E-state index contributed by atoms with van der Waals surface area (Å²) in [7, 11) is 0. The van der Waals surface area contributed by atoms with Crippen molar-refractivity contribution in [1.82, 2.24) is 5.32 Å². The Morgan fingerprint density at radius 3 is 1.55 bits per heavy atom. The minimum Gasteiger partial charge on any atom is -0.394 e. The Bertz CT molecular complexity index is 476. The SMILES string of the molecule is CCCCCCCCCCCCCCCCCCNC(=O)C[C@H]1O[C@H](CO)[C@H](O)[C@H](O)[C@H]1O. The van der Waals surface area contributed by atoms with Crippen LogP contribution in [0, 0.1) is 0 Å². The zero-order valence-electron chi connectivity index (χ0n) is 20.9. The first-order valence-electron chi connectivity index (χ1n) is 13.6. The average molecular weight is 474 g/mol. The van der Waals surface area contributed by atoms with E-state index < -0.39 is 37.1 Å². The van der Waals surface area contributed by atoms with E-state index in [1.807, 2.05) is 0 Å². The summed E-state index contributed by atoms with van der Waals surface area (Å²) in [6.07, 6.45) is 14.7. The van der Waals surface area contributed by atoms with E-state index in [0.717, 1.165) is 12.8 Å². The van der Waals surface area contributed by atoms with E-state index in [-0.39, 0.29) is 12.3 Å². The van der Waals surface area contributed by atoms with Crippen molar-refractivity contribution in [2.75, 3.05) is 13.2 Å². The van der Waals surface area contributed by atoms with Crippen molar-refractivity contribution in [3.05, 3.63) is 0 Å². The van der Waals surface area contributed by atoms with Gasteiger partial charge in [-0.2, -0.15) is 0 Å². The van der Waals surface area contributed by atoms with Crippen molar-refractivity contribution in [2.24, 2.45) is 0 Å². The van der Waals surface area contributed by atoms with Crippen molar-refractivity contribution < 1.29 is 30.0 Å². The predicted octanol–water partition coefficient (Wildman–Crippen LogP) is 3.60. The first-order chi connectivity index (χ1) is 16.0. The molecule has 0 aromatic carbocycles. The molecule has 1 rings (SSSR count). The molecule has 5 N–H and O–H groups in total. The van der Waals surface area contributed by atoms with Crippen LogP contribution in [0.15, 0.2) is 0 Å². The highest BCUT2D eigenvalue weighted by atomic mass is 16.5. The zero-order valence-corrected chi connectivity index (χ0v) is 20.9. The number of carbonyl (C=O) groups excluding carboxylic acids is 1. The van der Waals surface area contributed by atoms with E-state index in [4.69, 9.17) is 4.74 Å². The highest BCUT2D eigenvalue weighted by molar-refractivity contribution is 5.76. The van der Waals surface area contributed by atoms with E-state index in [0.29, 0.717) is 6.54 Å². The Balaban J connectivity index is 1.90. The van der Waals surface area contributed by atoms with Crippen molar-refractivity contribution in [3.63, 3.8) is 0 Å². The van der Waals surface area contributed by atoms with Crippen LogP contribution in [0.1, 0.15) is 116 Å². The van der Waals surface area contributed by atoms with Crippen LogP contribution < -0.4 is 5.32 Å². The molecule has 33 heavy (non-hydrogen) atoms. The van der Waals surface area contributed by atoms with Crippen molar-refractivity contribution in [1.29, 1.82) is 0 Å². The van der Waals surface area contributed by atoms with Gasteiger partial charge in [-0.3, -0.25) is 4.79 Å². The zero-order chi connectivity index (χ0) is 24.3. The van der Waals surface area contributed by atoms with Crippen LogP contribution in [-0.4, -0.2) is 70.0 Å². The molecule has 0 spiro atoms. The predicted molar refractivity (Wildman–Crippen MR) is 131 cm³/mol. The second-order valence-corrected chi connectivity index (χ2v) is 9.72. The number of nitrogens with one attached hydrogen (secondary N) is 1. The Morgan fingerprint density at radius 2 is 1.09 bits per heavy atom. The topological polar surface area (TPSA) is 119 Å². The number of ether oxygens (including phenoxy) is 1. The van der Waals surface area contributed by atoms with Crippen LogP contribution in [0.4, 0.5) is 0 Å². The van der Waals surface area contributed by atoms with Crippen molar-refractivity contribution in [3.8, 4) is 0 Å². The van der Waals surface area contributed by atoms with Gasteiger partial charge in [0.15, 0.2) is 0 Å². The monoisotopic (exact) mass is 473 g/mol. The summed E-state index contributed by atoms with van der Waals surface area (Å²) in [5, 5.41) is 41.6. The van der Waals surface area contributed by atoms with Gasteiger partial charge < -0.3 is 30.5 Å². The molecule has 0 saturated carbocycles. The van der Waals surface area contributed by atoms with E-state index >= 15 is 0 Å². The lowest BCUT2D eigenvalue weighted by atomic mass is 9.93. The van der Waals surface area contributed by atoms with Gasteiger partial charge in [-0.05, 0) is 6.42 Å². The molecule has 0 bridgehead atoms. The molecule has 1 fully saturated rings. The van der Waals surface area contributed by atoms with Gasteiger partial charge in [0.05, 0.1) is 19.1 Å². The van der Waals surface area contributed by atoms with Gasteiger partial charge in [0.1, 0.15) is 24.4 Å². The molecule has 7 nitrogen and oxygen atoms in total. The third kappa shape index (κ3) is 13.7. The van der Waals surface area contributed by atoms with E-state index in [9.17, 15) is 25.2 Å². The first kappa shape index (κ1) is 30.3. The fraction of sp³-hybridized carbons (Fsp3) is 0.962. The Kier molecular flexibility index (Phi) is 18.0. The molecular formula is C26H51NO6. The first-order valence-corrected chi connectivity index (χ1v) is 13.6. The summed E-state index contributed by atoms with van der Waals surface area (Å²) in [5.74, 6) is -0.264. The normalized spacial score (nSPS) is 25.3. The fourth-order valence-electron chi connectivity index (χ4n) is 4.50. The maximum absolute atomic E-state index is 12.1. The highest BCUT2D eigenvalue weighted by Crippen LogP contribution is 2.23. The number of hydrogen-bond acceptors (Lipinski definition) is 6. The van der Waals surface area contributed by atoms with Crippen molar-refractivity contribution in [2.45, 2.75) is 147 Å². The summed E-state index contributed by atoms with van der Waals surface area (Å²) in [6, 6.07) is 0. The number of carbonyl (C=O) groups is 1. The van der Waals surface area contributed by atoms with Gasteiger partial charge in [-0.25, -0.2) is 0 Å². The van der Waals surface area contributed by atoms with Crippen molar-refractivity contribution >= 4 is 5.91 Å². The molecule has 1 heterocycles. The van der Waals surface area contributed by atoms with Crippen LogP contribution in [0.2, 0.25) is 0 Å². The average Bonchev–Trinajstić information content (AvgIpc) is 2.81. The van der Waals surface area contributed by atoms with Gasteiger partial charge in [0.2, 0.25) is 5.91 Å². The van der Waals surface area contributed by atoms with Gasteiger partial charge in [0.25, 0.3) is 0 Å². The summed E-state index contributed by atoms with van der Waals surface area (Å²) in [4.78, 5) is 12.1. The fourth-order valence-corrected chi connectivity index (χ4v) is 4.50. The van der Waals surface area contributed by atoms with Crippen LogP contribution in [0.25, 0.3) is 0 Å². The minimum absolute atomic E-state index is 0.111. The second-order valence-electron chi connectivity index (χ2n) is 9.72. The van der Waals surface area contributed by atoms with E-state index in [2.05, 4.69) is 12.2 Å². The van der Waals surface area contributed by atoms with Crippen LogP contribution >= 0.6 is 0 Å². The van der Waals surface area contributed by atoms with E-state index in [1.165, 1.54) is 89.9 Å². The third-order valence-corrected chi connectivity index (χ3v) is 6.73. The highest BCUT2D eigenvalue weighted by Gasteiger charge is 2.43. The third-order valence-electron chi connectivity index (χ3n) is 6.73. The maximum atomic E-state index is 12.1. The molecule has 1 saturated heterocycles. The minimum atomic E-state index is -1.44. The number of aliphatic hydroxyl groups is 4. The molecule has 0 aromatic rings. The number of rotatable bonds is 20. The summed E-state index contributed by atoms with van der Waals surface area (Å²) in [6.45, 7) is 2.36. The summed E-state index contributed by atoms with van der Waals surface area (Å²) < 4.78 is 5.37. The van der Waals surface area contributed by atoms with Crippen LogP contribution in [0.5, 0.6) is 0 Å². The molecule has 196 valence electrons. The molecule has 5 atom stereocenters. The van der Waals surface area contributed by atoms with Crippen LogP contribution in [0.3, 0.4) is 0 Å². The molecule has 0 unspecified atom stereocenters. The number of hydrogen-bond donors (Lipinski definition) is 5. The van der Waals surface area contributed by atoms with Gasteiger partial charge in [-0.1, -0.05) is 103 Å². The molecule has 0 aromatic heterocycles. The second kappa shape index (κ2) is 19.6.